The zero-order valence-corrected chi connectivity index (χ0v) is 21.1. The number of carbonyl (C=O) groups is 2. The van der Waals surface area contributed by atoms with Gasteiger partial charge in [-0.1, -0.05) is 29.3 Å². The van der Waals surface area contributed by atoms with Crippen LogP contribution in [0.3, 0.4) is 0 Å². The van der Waals surface area contributed by atoms with E-state index in [9.17, 15) is 9.59 Å². The second kappa shape index (κ2) is 9.55. The van der Waals surface area contributed by atoms with Gasteiger partial charge in [-0.25, -0.2) is 0 Å². The van der Waals surface area contributed by atoms with Crippen LogP contribution in [0.1, 0.15) is 18.1 Å². The van der Waals surface area contributed by atoms with Crippen molar-refractivity contribution in [3.63, 3.8) is 0 Å². The molecule has 1 fully saturated rings. The summed E-state index contributed by atoms with van der Waals surface area (Å²) < 4.78 is 7.70. The molecule has 0 unspecified atom stereocenters. The summed E-state index contributed by atoms with van der Waals surface area (Å²) in [4.78, 5) is 26.8. The highest BCUT2D eigenvalue weighted by atomic mass is 127. The first kappa shape index (κ1) is 22.2. The number of amides is 2. The van der Waals surface area contributed by atoms with E-state index < -0.39 is 0 Å². The van der Waals surface area contributed by atoms with Gasteiger partial charge in [-0.2, -0.15) is 0 Å². The van der Waals surface area contributed by atoms with E-state index in [-0.39, 0.29) is 17.7 Å². The van der Waals surface area contributed by atoms with Gasteiger partial charge in [0.05, 0.1) is 21.6 Å². The predicted octanol–water partition coefficient (Wildman–Crippen LogP) is 6.84. The number of thioether (sulfide) groups is 1. The molecule has 0 N–H and O–H groups in total. The topological polar surface area (TPSA) is 46.6 Å². The molecule has 1 saturated heterocycles. The summed E-state index contributed by atoms with van der Waals surface area (Å²) in [5, 5.41) is 0.480. The molecule has 2 aromatic carbocycles. The van der Waals surface area contributed by atoms with E-state index in [2.05, 4.69) is 45.2 Å². The van der Waals surface area contributed by atoms with Crippen LogP contribution in [0.25, 0.3) is 6.08 Å². The van der Waals surface area contributed by atoms with Crippen molar-refractivity contribution in [1.82, 2.24) is 4.90 Å². The summed E-state index contributed by atoms with van der Waals surface area (Å²) in [6, 6.07) is 9.00. The van der Waals surface area contributed by atoms with Gasteiger partial charge in [0.15, 0.2) is 0 Å². The summed E-state index contributed by atoms with van der Waals surface area (Å²) >= 11 is 17.7. The third-order valence-corrected chi connectivity index (χ3v) is 6.90. The molecule has 3 rings (SSSR count). The van der Waals surface area contributed by atoms with Crippen molar-refractivity contribution in [3.05, 3.63) is 63.5 Å². The minimum Gasteiger partial charge on any atom is -0.492 e. The average molecular weight is 660 g/mol. The van der Waals surface area contributed by atoms with E-state index in [0.717, 1.165) is 29.4 Å². The third-order valence-electron chi connectivity index (χ3n) is 3.86. The zero-order chi connectivity index (χ0) is 20.4. The maximum Gasteiger partial charge on any atom is 0.293 e. The average Bonchev–Trinajstić information content (AvgIpc) is 2.88. The Kier molecular flexibility index (Phi) is 7.57. The highest BCUT2D eigenvalue weighted by Gasteiger charge is 2.36. The van der Waals surface area contributed by atoms with Crippen molar-refractivity contribution in [2.24, 2.45) is 0 Å². The monoisotopic (exact) mass is 659 g/mol. The van der Waals surface area contributed by atoms with Crippen molar-refractivity contribution in [2.75, 3.05) is 6.61 Å². The van der Waals surface area contributed by atoms with E-state index >= 15 is 0 Å². The Bertz CT molecular complexity index is 977. The van der Waals surface area contributed by atoms with Crippen LogP contribution in [0.15, 0.2) is 35.2 Å². The van der Waals surface area contributed by atoms with Crippen LogP contribution in [0.4, 0.5) is 4.79 Å². The molecule has 0 spiro atoms. The van der Waals surface area contributed by atoms with Crippen molar-refractivity contribution < 1.29 is 14.3 Å². The van der Waals surface area contributed by atoms with E-state index in [0.29, 0.717) is 32.9 Å². The van der Waals surface area contributed by atoms with Crippen molar-refractivity contribution in [3.8, 4) is 5.75 Å². The summed E-state index contributed by atoms with van der Waals surface area (Å²) in [6.07, 6.45) is 1.70. The first-order valence-corrected chi connectivity index (χ1v) is 11.8. The van der Waals surface area contributed by atoms with E-state index in [1.165, 1.54) is 0 Å². The SMILES string of the molecule is CCOc1c(I)cc(I)cc1/C=C1\SC(=O)N(Cc2c(Cl)cccc2Cl)C1=O. The lowest BCUT2D eigenvalue weighted by Gasteiger charge is -2.15. The van der Waals surface area contributed by atoms with E-state index in [1.807, 2.05) is 19.1 Å². The molecule has 0 aromatic heterocycles. The van der Waals surface area contributed by atoms with Gasteiger partial charge in [0.25, 0.3) is 11.1 Å². The molecule has 0 aliphatic carbocycles. The molecule has 1 aliphatic heterocycles. The number of benzene rings is 2. The van der Waals surface area contributed by atoms with Gasteiger partial charge in [0.1, 0.15) is 5.75 Å². The lowest BCUT2D eigenvalue weighted by Crippen LogP contribution is -2.27. The molecule has 28 heavy (non-hydrogen) atoms. The molecule has 9 heteroatoms. The normalized spacial score (nSPS) is 15.6. The lowest BCUT2D eigenvalue weighted by molar-refractivity contribution is -0.123. The number of carbonyl (C=O) groups excluding carboxylic acids is 2. The van der Waals surface area contributed by atoms with Crippen LogP contribution in [0, 0.1) is 7.14 Å². The summed E-state index contributed by atoms with van der Waals surface area (Å²) in [7, 11) is 0. The Hall–Kier alpha value is -0.490. The maximum atomic E-state index is 12.9. The van der Waals surface area contributed by atoms with Crippen LogP contribution < -0.4 is 4.74 Å². The van der Waals surface area contributed by atoms with Gasteiger partial charge in [0, 0.05) is 24.7 Å². The van der Waals surface area contributed by atoms with Gasteiger partial charge < -0.3 is 4.74 Å². The largest absolute Gasteiger partial charge is 0.492 e. The molecule has 0 bridgehead atoms. The molecule has 0 atom stereocenters. The van der Waals surface area contributed by atoms with Crippen LogP contribution in [0.5, 0.6) is 5.75 Å². The minimum atomic E-state index is -0.373. The molecule has 2 aromatic rings. The Morgan fingerprint density at radius 2 is 1.86 bits per heavy atom. The Morgan fingerprint density at radius 1 is 1.18 bits per heavy atom. The third kappa shape index (κ3) is 4.80. The minimum absolute atomic E-state index is 0.0304. The second-order valence-electron chi connectivity index (χ2n) is 5.71. The smallest absolute Gasteiger partial charge is 0.293 e. The molecule has 4 nitrogen and oxygen atoms in total. The van der Waals surface area contributed by atoms with Crippen molar-refractivity contribution >= 4 is 97.4 Å². The number of hydrogen-bond donors (Lipinski definition) is 0. The Balaban J connectivity index is 1.94. The molecule has 2 amide bonds. The molecular weight excluding hydrogens is 647 g/mol. The Labute approximate surface area is 204 Å². The van der Waals surface area contributed by atoms with Gasteiger partial charge in [-0.05, 0) is 94.2 Å². The van der Waals surface area contributed by atoms with E-state index in [4.69, 9.17) is 27.9 Å². The number of rotatable bonds is 5. The molecule has 1 aliphatic rings. The number of halogens is 4. The van der Waals surface area contributed by atoms with Crippen LogP contribution in [-0.4, -0.2) is 22.7 Å². The molecular formula is C19H13Cl2I2NO3S. The molecule has 0 radical (unpaired) electrons. The Morgan fingerprint density at radius 3 is 2.50 bits per heavy atom. The number of hydrogen-bond acceptors (Lipinski definition) is 4. The van der Waals surface area contributed by atoms with Crippen molar-refractivity contribution in [1.29, 1.82) is 0 Å². The van der Waals surface area contributed by atoms with Gasteiger partial charge in [-0.15, -0.1) is 0 Å². The van der Waals surface area contributed by atoms with Crippen LogP contribution >= 0.6 is 80.1 Å². The van der Waals surface area contributed by atoms with Crippen molar-refractivity contribution in [2.45, 2.75) is 13.5 Å². The van der Waals surface area contributed by atoms with Crippen LogP contribution in [-0.2, 0) is 11.3 Å². The fourth-order valence-electron chi connectivity index (χ4n) is 2.60. The molecule has 146 valence electrons. The lowest BCUT2D eigenvalue weighted by atomic mass is 10.1. The first-order chi connectivity index (χ1) is 13.3. The van der Waals surface area contributed by atoms with Gasteiger partial charge in [-0.3, -0.25) is 14.5 Å². The quantitative estimate of drug-likeness (QED) is 0.261. The van der Waals surface area contributed by atoms with Crippen LogP contribution in [0.2, 0.25) is 10.0 Å². The maximum absolute atomic E-state index is 12.9. The molecule has 1 heterocycles. The molecule has 0 saturated carbocycles. The first-order valence-electron chi connectivity index (χ1n) is 8.12. The highest BCUT2D eigenvalue weighted by molar-refractivity contribution is 14.1. The fraction of sp³-hybridized carbons (Fsp3) is 0.158. The zero-order valence-electron chi connectivity index (χ0n) is 14.5. The van der Waals surface area contributed by atoms with Gasteiger partial charge >= 0.3 is 0 Å². The summed E-state index contributed by atoms with van der Waals surface area (Å²) in [6.45, 7) is 2.44. The standard InChI is InChI=1S/C19H13Cl2I2NO3S/c1-2-27-17-10(6-11(22)8-15(17)23)7-16-18(25)24(19(26)28-16)9-12-13(20)4-3-5-14(12)21/h3-8H,2,9H2,1H3/b16-7-. The predicted molar refractivity (Wildman–Crippen MR) is 131 cm³/mol. The number of ether oxygens (including phenoxy) is 1. The summed E-state index contributed by atoms with van der Waals surface area (Å²) in [5.41, 5.74) is 1.31. The number of imide groups is 1. The second-order valence-corrected chi connectivity index (χ2v) is 9.92. The fourth-order valence-corrected chi connectivity index (χ4v) is 5.99. The highest BCUT2D eigenvalue weighted by Crippen LogP contribution is 2.38. The van der Waals surface area contributed by atoms with Gasteiger partial charge in [0.2, 0.25) is 0 Å². The summed E-state index contributed by atoms with van der Waals surface area (Å²) in [5.74, 6) is 0.326. The van der Waals surface area contributed by atoms with E-state index in [1.54, 1.807) is 24.3 Å². The number of nitrogens with zero attached hydrogens (tertiary/aromatic N) is 1.